The van der Waals surface area contributed by atoms with Crippen molar-refractivity contribution in [3.8, 4) is 0 Å². The number of ketones is 1. The molecule has 3 atom stereocenters. The molecule has 0 radical (unpaired) electrons. The van der Waals surface area contributed by atoms with E-state index in [2.05, 4.69) is 11.4 Å². The van der Waals surface area contributed by atoms with Crippen molar-refractivity contribution in [3.63, 3.8) is 0 Å². The highest BCUT2D eigenvalue weighted by atomic mass is 19.4. The second-order valence-electron chi connectivity index (χ2n) is 6.92. The van der Waals surface area contributed by atoms with Gasteiger partial charge in [-0.25, -0.2) is 0 Å². The van der Waals surface area contributed by atoms with Gasteiger partial charge in [0.15, 0.2) is 5.78 Å². The Bertz CT molecular complexity index is 900. The highest BCUT2D eigenvalue weighted by molar-refractivity contribution is 5.95. The monoisotopic (exact) mass is 357 g/mol. The lowest BCUT2D eigenvalue weighted by molar-refractivity contribution is -0.138. The molecule has 1 aliphatic carbocycles. The Morgan fingerprint density at radius 2 is 1.88 bits per heavy atom. The minimum absolute atomic E-state index is 0.00629. The van der Waals surface area contributed by atoms with Crippen LogP contribution in [0.2, 0.25) is 0 Å². The van der Waals surface area contributed by atoms with E-state index in [4.69, 9.17) is 0 Å². The van der Waals surface area contributed by atoms with Crippen molar-refractivity contribution in [1.82, 2.24) is 0 Å². The predicted molar refractivity (Wildman–Crippen MR) is 94.2 cm³/mol. The summed E-state index contributed by atoms with van der Waals surface area (Å²) in [4.78, 5) is 11.7. The second kappa shape index (κ2) is 6.01. The van der Waals surface area contributed by atoms with E-state index in [0.717, 1.165) is 17.3 Å². The molecule has 1 aliphatic heterocycles. The zero-order valence-electron chi connectivity index (χ0n) is 14.2. The van der Waals surface area contributed by atoms with Gasteiger partial charge in [0.25, 0.3) is 0 Å². The van der Waals surface area contributed by atoms with Gasteiger partial charge in [0.1, 0.15) is 0 Å². The minimum Gasteiger partial charge on any atom is -0.378 e. The number of halogens is 3. The zero-order chi connectivity index (χ0) is 18.5. The van der Waals surface area contributed by atoms with E-state index in [0.29, 0.717) is 12.0 Å². The van der Waals surface area contributed by atoms with Crippen LogP contribution in [-0.2, 0) is 6.18 Å². The summed E-state index contributed by atoms with van der Waals surface area (Å²) in [7, 11) is 0. The third-order valence-electron chi connectivity index (χ3n) is 5.37. The van der Waals surface area contributed by atoms with Gasteiger partial charge < -0.3 is 5.32 Å². The first-order valence-corrected chi connectivity index (χ1v) is 8.60. The molecule has 134 valence electrons. The zero-order valence-corrected chi connectivity index (χ0v) is 14.2. The lowest BCUT2D eigenvalue weighted by atomic mass is 9.75. The maximum absolute atomic E-state index is 13.5. The van der Waals surface area contributed by atoms with Gasteiger partial charge in [0.05, 0.1) is 11.6 Å². The average Bonchev–Trinajstić information content (AvgIpc) is 3.10. The number of fused-ring (bicyclic) bond motifs is 3. The number of carbonyl (C=O) groups excluding carboxylic acids is 1. The minimum atomic E-state index is -4.39. The largest absolute Gasteiger partial charge is 0.416 e. The van der Waals surface area contributed by atoms with Crippen LogP contribution < -0.4 is 5.32 Å². The summed E-state index contributed by atoms with van der Waals surface area (Å²) in [6.07, 6.45) is 0.393. The van der Waals surface area contributed by atoms with Crippen molar-refractivity contribution in [3.05, 3.63) is 76.9 Å². The highest BCUT2D eigenvalue weighted by Crippen LogP contribution is 2.51. The molecule has 0 saturated carbocycles. The van der Waals surface area contributed by atoms with E-state index in [1.165, 1.54) is 13.0 Å². The number of allylic oxidation sites excluding steroid dienone is 2. The number of hydrogen-bond acceptors (Lipinski definition) is 2. The van der Waals surface area contributed by atoms with Gasteiger partial charge in [0, 0.05) is 17.2 Å². The predicted octanol–water partition coefficient (Wildman–Crippen LogP) is 5.73. The molecule has 2 nitrogen and oxygen atoms in total. The van der Waals surface area contributed by atoms with Crippen LogP contribution in [0.1, 0.15) is 52.4 Å². The van der Waals surface area contributed by atoms with Crippen molar-refractivity contribution in [2.24, 2.45) is 5.92 Å². The normalized spacial score (nSPS) is 23.9. The second-order valence-corrected chi connectivity index (χ2v) is 6.92. The molecule has 2 aromatic rings. The number of Topliss-reactive ketones (excluding diaryl/α,β-unsaturated/α-hetero) is 1. The molecule has 1 heterocycles. The van der Waals surface area contributed by atoms with Crippen LogP contribution in [0.3, 0.4) is 0 Å². The van der Waals surface area contributed by atoms with E-state index in [1.807, 2.05) is 12.1 Å². The molecule has 2 aliphatic rings. The van der Waals surface area contributed by atoms with E-state index < -0.39 is 17.8 Å². The smallest absolute Gasteiger partial charge is 0.378 e. The Hall–Kier alpha value is -2.56. The molecule has 0 bridgehead atoms. The van der Waals surface area contributed by atoms with Crippen molar-refractivity contribution < 1.29 is 18.0 Å². The molecular formula is C21H18F3NO. The number of hydrogen-bond donors (Lipinski definition) is 1. The third kappa shape index (κ3) is 2.71. The van der Waals surface area contributed by atoms with Gasteiger partial charge >= 0.3 is 6.18 Å². The molecule has 0 aromatic heterocycles. The molecule has 4 rings (SSSR count). The van der Waals surface area contributed by atoms with E-state index in [1.54, 1.807) is 24.3 Å². The third-order valence-corrected chi connectivity index (χ3v) is 5.37. The van der Waals surface area contributed by atoms with Crippen molar-refractivity contribution >= 4 is 11.5 Å². The van der Waals surface area contributed by atoms with Crippen molar-refractivity contribution in [2.75, 3.05) is 5.32 Å². The Morgan fingerprint density at radius 1 is 1.12 bits per heavy atom. The van der Waals surface area contributed by atoms with Crippen LogP contribution in [0, 0.1) is 5.92 Å². The van der Waals surface area contributed by atoms with Crippen LogP contribution in [0.4, 0.5) is 18.9 Å². The number of anilines is 1. The summed E-state index contributed by atoms with van der Waals surface area (Å²) in [6, 6.07) is 10.7. The number of carbonyl (C=O) groups is 1. The molecule has 5 heteroatoms. The summed E-state index contributed by atoms with van der Waals surface area (Å²) < 4.78 is 40.5. The van der Waals surface area contributed by atoms with Crippen LogP contribution in [0.25, 0.3) is 0 Å². The van der Waals surface area contributed by atoms with Crippen molar-refractivity contribution in [1.29, 1.82) is 0 Å². The summed E-state index contributed by atoms with van der Waals surface area (Å²) in [5.74, 6) is -0.0130. The fourth-order valence-corrected chi connectivity index (χ4v) is 4.15. The Balaban J connectivity index is 1.81. The fraction of sp³-hybridized carbons (Fsp3) is 0.286. The summed E-state index contributed by atoms with van der Waals surface area (Å²) >= 11 is 0. The molecule has 0 spiro atoms. The number of benzene rings is 2. The molecule has 0 saturated heterocycles. The quantitative estimate of drug-likeness (QED) is 0.549. The van der Waals surface area contributed by atoms with E-state index in [-0.39, 0.29) is 23.2 Å². The van der Waals surface area contributed by atoms with Crippen molar-refractivity contribution in [2.45, 2.75) is 31.5 Å². The molecule has 0 unspecified atom stereocenters. The van der Waals surface area contributed by atoms with Gasteiger partial charge in [-0.3, -0.25) is 4.79 Å². The summed E-state index contributed by atoms with van der Waals surface area (Å²) in [5.41, 5.74) is 2.09. The standard InChI is InChI=1S/C21H18F3NO/c1-12(26)13-9-10-19-17(11-13)14-6-4-7-15(14)20(25-19)16-5-2-3-8-18(16)21(22,23)24/h2-6,8-11,14-15,20,25H,7H2,1H3/t14-,15-,20+/m1/s1. The Kier molecular flexibility index (Phi) is 3.90. The average molecular weight is 357 g/mol. The van der Waals surface area contributed by atoms with E-state index in [9.17, 15) is 18.0 Å². The maximum Gasteiger partial charge on any atom is 0.416 e. The summed E-state index contributed by atoms with van der Waals surface area (Å²) in [5, 5.41) is 3.31. The molecule has 0 fully saturated rings. The number of nitrogens with one attached hydrogen (secondary N) is 1. The summed E-state index contributed by atoms with van der Waals surface area (Å²) in [6.45, 7) is 1.52. The SMILES string of the molecule is CC(=O)c1ccc2c(c1)[C@@H]1C=CC[C@H]1[C@@H](c1ccccc1C(F)(F)F)N2. The lowest BCUT2D eigenvalue weighted by Gasteiger charge is -2.38. The Morgan fingerprint density at radius 3 is 2.62 bits per heavy atom. The van der Waals surface area contributed by atoms with Crippen LogP contribution in [0.15, 0.2) is 54.6 Å². The molecular weight excluding hydrogens is 339 g/mol. The first kappa shape index (κ1) is 16.9. The fourth-order valence-electron chi connectivity index (χ4n) is 4.15. The first-order chi connectivity index (χ1) is 12.4. The van der Waals surface area contributed by atoms with Crippen LogP contribution in [-0.4, -0.2) is 5.78 Å². The molecule has 0 amide bonds. The maximum atomic E-state index is 13.5. The van der Waals surface area contributed by atoms with E-state index >= 15 is 0 Å². The highest BCUT2D eigenvalue weighted by Gasteiger charge is 2.42. The van der Waals surface area contributed by atoms with Gasteiger partial charge in [-0.05, 0) is 54.7 Å². The number of alkyl halides is 3. The van der Waals surface area contributed by atoms with Crippen LogP contribution in [0.5, 0.6) is 0 Å². The lowest BCUT2D eigenvalue weighted by Crippen LogP contribution is -2.31. The first-order valence-electron chi connectivity index (χ1n) is 8.60. The molecule has 1 N–H and O–H groups in total. The molecule has 26 heavy (non-hydrogen) atoms. The van der Waals surface area contributed by atoms with Crippen LogP contribution >= 0.6 is 0 Å². The number of rotatable bonds is 2. The van der Waals surface area contributed by atoms with Gasteiger partial charge in [-0.1, -0.05) is 30.4 Å². The topological polar surface area (TPSA) is 29.1 Å². The molecule has 2 aromatic carbocycles. The van der Waals surface area contributed by atoms with Gasteiger partial charge in [-0.15, -0.1) is 0 Å². The Labute approximate surface area is 149 Å². The van der Waals surface area contributed by atoms with Gasteiger partial charge in [-0.2, -0.15) is 13.2 Å². The van der Waals surface area contributed by atoms with Gasteiger partial charge in [0.2, 0.25) is 0 Å².